The van der Waals surface area contributed by atoms with Crippen molar-refractivity contribution in [3.05, 3.63) is 0 Å². The number of nitrogens with one attached hydrogen (secondary N) is 1. The van der Waals surface area contributed by atoms with E-state index in [9.17, 15) is 4.79 Å². The predicted octanol–water partition coefficient (Wildman–Crippen LogP) is 3.19. The molecule has 2 rings (SSSR count). The van der Waals surface area contributed by atoms with Gasteiger partial charge in [-0.1, -0.05) is 46.0 Å². The Balaban J connectivity index is 1.69. The van der Waals surface area contributed by atoms with Gasteiger partial charge in [0.2, 0.25) is 5.91 Å². The summed E-state index contributed by atoms with van der Waals surface area (Å²) in [5.74, 6) is 1.85. The second kappa shape index (κ2) is 8.02. The van der Waals surface area contributed by atoms with Crippen LogP contribution in [0.15, 0.2) is 0 Å². The fraction of sp³-hybridized carbons (Fsp3) is 0.941. The Morgan fingerprint density at radius 2 is 1.85 bits per heavy atom. The Bertz CT molecular complexity index is 305. The summed E-state index contributed by atoms with van der Waals surface area (Å²) in [6.45, 7) is 7.71. The molecule has 1 amide bonds. The van der Waals surface area contributed by atoms with Crippen LogP contribution in [0.5, 0.6) is 0 Å². The van der Waals surface area contributed by atoms with Crippen LogP contribution in [0.4, 0.5) is 0 Å². The van der Waals surface area contributed by atoms with E-state index in [1.165, 1.54) is 32.1 Å². The van der Waals surface area contributed by atoms with Crippen molar-refractivity contribution < 1.29 is 4.79 Å². The summed E-state index contributed by atoms with van der Waals surface area (Å²) in [7, 11) is 0. The summed E-state index contributed by atoms with van der Waals surface area (Å²) in [5, 5.41) is 3.48. The quantitative estimate of drug-likeness (QED) is 0.693. The highest BCUT2D eigenvalue weighted by Gasteiger charge is 2.44. The average molecular weight is 280 g/mol. The Morgan fingerprint density at radius 1 is 1.10 bits per heavy atom. The van der Waals surface area contributed by atoms with Crippen LogP contribution in [-0.4, -0.2) is 36.5 Å². The van der Waals surface area contributed by atoms with Crippen LogP contribution in [0.1, 0.15) is 65.2 Å². The predicted molar refractivity (Wildman–Crippen MR) is 83.6 cm³/mol. The number of carbonyl (C=O) groups excluding carboxylic acids is 1. The van der Waals surface area contributed by atoms with Crippen LogP contribution in [0.3, 0.4) is 0 Å². The lowest BCUT2D eigenvalue weighted by atomic mass is 9.93. The van der Waals surface area contributed by atoms with E-state index in [0.717, 1.165) is 38.9 Å². The van der Waals surface area contributed by atoms with Gasteiger partial charge in [0.1, 0.15) is 0 Å². The molecule has 0 saturated carbocycles. The zero-order valence-electron chi connectivity index (χ0n) is 13.4. The first-order chi connectivity index (χ1) is 9.77. The molecule has 3 nitrogen and oxygen atoms in total. The zero-order chi connectivity index (χ0) is 14.4. The minimum atomic E-state index is 0.418. The van der Waals surface area contributed by atoms with Crippen molar-refractivity contribution in [3.8, 4) is 0 Å². The van der Waals surface area contributed by atoms with Crippen molar-refractivity contribution in [2.24, 2.45) is 11.8 Å². The van der Waals surface area contributed by atoms with E-state index in [1.54, 1.807) is 0 Å². The Hall–Kier alpha value is -0.570. The van der Waals surface area contributed by atoms with Gasteiger partial charge in [-0.3, -0.25) is 4.79 Å². The molecule has 0 spiro atoms. The molecule has 3 unspecified atom stereocenters. The first kappa shape index (κ1) is 15.8. The molecule has 0 aromatic heterocycles. The van der Waals surface area contributed by atoms with E-state index in [4.69, 9.17) is 0 Å². The zero-order valence-corrected chi connectivity index (χ0v) is 13.4. The van der Waals surface area contributed by atoms with Gasteiger partial charge in [-0.05, 0) is 24.7 Å². The van der Waals surface area contributed by atoms with Gasteiger partial charge in [-0.15, -0.1) is 0 Å². The third kappa shape index (κ3) is 3.75. The van der Waals surface area contributed by atoms with Crippen LogP contribution in [0.25, 0.3) is 0 Å². The number of fused-ring (bicyclic) bond motifs is 1. The summed E-state index contributed by atoms with van der Waals surface area (Å²) in [6, 6.07) is 0.502. The number of amides is 1. The van der Waals surface area contributed by atoms with Gasteiger partial charge < -0.3 is 10.2 Å². The topological polar surface area (TPSA) is 32.3 Å². The molecule has 2 fully saturated rings. The molecule has 2 heterocycles. The van der Waals surface area contributed by atoms with Gasteiger partial charge in [0.05, 0.1) is 0 Å². The second-order valence-electron chi connectivity index (χ2n) is 6.62. The molecule has 0 aromatic carbocycles. The van der Waals surface area contributed by atoms with Crippen molar-refractivity contribution in [3.63, 3.8) is 0 Å². The Labute approximate surface area is 124 Å². The first-order valence-corrected chi connectivity index (χ1v) is 8.78. The van der Waals surface area contributed by atoms with Crippen LogP contribution >= 0.6 is 0 Å². The number of likely N-dealkylation sites (tertiary alicyclic amines) is 1. The number of carbonyl (C=O) groups is 1. The van der Waals surface area contributed by atoms with Crippen molar-refractivity contribution in [2.45, 2.75) is 71.3 Å². The van der Waals surface area contributed by atoms with Crippen molar-refractivity contribution in [2.75, 3.05) is 19.6 Å². The first-order valence-electron chi connectivity index (χ1n) is 8.78. The van der Waals surface area contributed by atoms with E-state index >= 15 is 0 Å². The molecule has 0 aromatic rings. The molecule has 3 atom stereocenters. The van der Waals surface area contributed by atoms with Crippen LogP contribution in [-0.2, 0) is 4.79 Å². The standard InChI is InChI=1S/C17H32N2O/c1-3-5-6-7-8-9-10-17(20)19-13-14-11-18-12-15(14)16(19)4-2/h14-16,18H,3-13H2,1-2H3. The number of hydrogen-bond donors (Lipinski definition) is 1. The minimum Gasteiger partial charge on any atom is -0.339 e. The highest BCUT2D eigenvalue weighted by atomic mass is 16.2. The van der Waals surface area contributed by atoms with E-state index in [1.807, 2.05) is 0 Å². The third-order valence-electron chi connectivity index (χ3n) is 5.20. The van der Waals surface area contributed by atoms with Crippen molar-refractivity contribution in [1.29, 1.82) is 0 Å². The molecule has 2 aliphatic heterocycles. The van der Waals surface area contributed by atoms with E-state index < -0.39 is 0 Å². The molecule has 1 N–H and O–H groups in total. The van der Waals surface area contributed by atoms with Gasteiger partial charge in [-0.2, -0.15) is 0 Å². The molecule has 2 aliphatic rings. The van der Waals surface area contributed by atoms with E-state index in [-0.39, 0.29) is 0 Å². The Morgan fingerprint density at radius 3 is 2.60 bits per heavy atom. The van der Waals surface area contributed by atoms with Gasteiger partial charge in [-0.25, -0.2) is 0 Å². The fourth-order valence-electron chi connectivity index (χ4n) is 4.03. The minimum absolute atomic E-state index is 0.418. The number of unbranched alkanes of at least 4 members (excludes halogenated alkanes) is 5. The third-order valence-corrected chi connectivity index (χ3v) is 5.20. The van der Waals surface area contributed by atoms with Gasteiger partial charge in [0, 0.05) is 32.1 Å². The van der Waals surface area contributed by atoms with E-state index in [0.29, 0.717) is 23.8 Å². The lowest BCUT2D eigenvalue weighted by molar-refractivity contribution is -0.132. The highest BCUT2D eigenvalue weighted by molar-refractivity contribution is 5.77. The summed E-state index contributed by atoms with van der Waals surface area (Å²) in [5.41, 5.74) is 0. The largest absolute Gasteiger partial charge is 0.339 e. The maximum atomic E-state index is 12.4. The lowest BCUT2D eigenvalue weighted by Gasteiger charge is -2.27. The van der Waals surface area contributed by atoms with E-state index in [2.05, 4.69) is 24.1 Å². The molecular weight excluding hydrogens is 248 g/mol. The SMILES string of the molecule is CCCCCCCCC(=O)N1CC2CNCC2C1CC. The summed E-state index contributed by atoms with van der Waals surface area (Å²) in [6.07, 6.45) is 9.47. The van der Waals surface area contributed by atoms with Crippen molar-refractivity contribution in [1.82, 2.24) is 10.2 Å². The van der Waals surface area contributed by atoms with Crippen LogP contribution < -0.4 is 5.32 Å². The average Bonchev–Trinajstić information content (AvgIpc) is 3.02. The van der Waals surface area contributed by atoms with Gasteiger partial charge in [0.25, 0.3) is 0 Å². The molecule has 2 saturated heterocycles. The Kier molecular flexibility index (Phi) is 6.34. The molecule has 0 aliphatic carbocycles. The smallest absolute Gasteiger partial charge is 0.222 e. The molecular formula is C17H32N2O. The fourth-order valence-corrected chi connectivity index (χ4v) is 4.03. The molecule has 116 valence electrons. The normalized spacial score (nSPS) is 28.9. The second-order valence-corrected chi connectivity index (χ2v) is 6.62. The van der Waals surface area contributed by atoms with Crippen molar-refractivity contribution >= 4 is 5.91 Å². The summed E-state index contributed by atoms with van der Waals surface area (Å²) >= 11 is 0. The maximum Gasteiger partial charge on any atom is 0.222 e. The van der Waals surface area contributed by atoms with Crippen LogP contribution in [0, 0.1) is 11.8 Å². The summed E-state index contributed by atoms with van der Waals surface area (Å²) in [4.78, 5) is 14.7. The summed E-state index contributed by atoms with van der Waals surface area (Å²) < 4.78 is 0. The lowest BCUT2D eigenvalue weighted by Crippen LogP contribution is -2.39. The van der Waals surface area contributed by atoms with Gasteiger partial charge >= 0.3 is 0 Å². The highest BCUT2D eigenvalue weighted by Crippen LogP contribution is 2.34. The number of hydrogen-bond acceptors (Lipinski definition) is 2. The van der Waals surface area contributed by atoms with Gasteiger partial charge in [0.15, 0.2) is 0 Å². The maximum absolute atomic E-state index is 12.4. The molecule has 20 heavy (non-hydrogen) atoms. The van der Waals surface area contributed by atoms with Crippen LogP contribution in [0.2, 0.25) is 0 Å². The monoisotopic (exact) mass is 280 g/mol. The number of rotatable bonds is 8. The molecule has 0 radical (unpaired) electrons. The molecule has 3 heteroatoms. The number of nitrogens with zero attached hydrogens (tertiary/aromatic N) is 1. The molecule has 0 bridgehead atoms.